The van der Waals surface area contributed by atoms with E-state index in [4.69, 9.17) is 9.47 Å². The Labute approximate surface area is 157 Å². The Morgan fingerprint density at radius 3 is 2.65 bits per heavy atom. The van der Waals surface area contributed by atoms with Crippen molar-refractivity contribution in [3.8, 4) is 5.75 Å². The number of hydrogen-bond acceptors (Lipinski definition) is 5. The summed E-state index contributed by atoms with van der Waals surface area (Å²) in [6.07, 6.45) is 5.39. The molecule has 26 heavy (non-hydrogen) atoms. The van der Waals surface area contributed by atoms with Gasteiger partial charge in [-0.1, -0.05) is 24.6 Å². The third-order valence-corrected chi connectivity index (χ3v) is 5.61. The van der Waals surface area contributed by atoms with Gasteiger partial charge in [0.2, 0.25) is 5.91 Å². The van der Waals surface area contributed by atoms with Gasteiger partial charge in [0, 0.05) is 4.88 Å². The Kier molecular flexibility index (Phi) is 6.28. The molecule has 0 spiro atoms. The lowest BCUT2D eigenvalue weighted by atomic mass is 10.1. The van der Waals surface area contributed by atoms with E-state index >= 15 is 0 Å². The van der Waals surface area contributed by atoms with E-state index in [0.717, 1.165) is 37.0 Å². The van der Waals surface area contributed by atoms with Crippen LogP contribution in [0.2, 0.25) is 0 Å². The van der Waals surface area contributed by atoms with Crippen LogP contribution in [0.25, 0.3) is 0 Å². The second kappa shape index (κ2) is 8.85. The van der Waals surface area contributed by atoms with Crippen LogP contribution in [-0.4, -0.2) is 25.6 Å². The molecule has 1 aromatic carbocycles. The number of rotatable bonds is 6. The topological polar surface area (TPSA) is 64.6 Å². The number of aryl methyl sites for hydroxylation is 1. The second-order valence-electron chi connectivity index (χ2n) is 6.22. The fraction of sp³-hybridized carbons (Fsp3) is 0.400. The van der Waals surface area contributed by atoms with E-state index in [1.807, 2.05) is 30.3 Å². The maximum Gasteiger partial charge on any atom is 0.341 e. The molecule has 6 heteroatoms. The zero-order chi connectivity index (χ0) is 18.4. The van der Waals surface area contributed by atoms with Gasteiger partial charge < -0.3 is 14.8 Å². The van der Waals surface area contributed by atoms with Gasteiger partial charge in [-0.15, -0.1) is 11.3 Å². The van der Waals surface area contributed by atoms with Crippen molar-refractivity contribution in [2.45, 2.75) is 38.5 Å². The highest BCUT2D eigenvalue weighted by Crippen LogP contribution is 2.38. The molecular formula is C20H23NO4S. The number of fused-ring (bicyclic) bond motifs is 1. The summed E-state index contributed by atoms with van der Waals surface area (Å²) in [7, 11) is 1.38. The highest BCUT2D eigenvalue weighted by Gasteiger charge is 2.26. The number of anilines is 1. The van der Waals surface area contributed by atoms with E-state index in [-0.39, 0.29) is 24.9 Å². The minimum atomic E-state index is -0.375. The molecule has 0 atom stereocenters. The summed E-state index contributed by atoms with van der Waals surface area (Å²) in [5.41, 5.74) is 1.59. The third-order valence-electron chi connectivity index (χ3n) is 4.40. The van der Waals surface area contributed by atoms with Crippen LogP contribution in [0.15, 0.2) is 30.3 Å². The summed E-state index contributed by atoms with van der Waals surface area (Å²) in [5, 5.41) is 3.49. The molecule has 3 rings (SSSR count). The number of amides is 1. The molecule has 0 aliphatic heterocycles. The van der Waals surface area contributed by atoms with Crippen molar-refractivity contribution in [3.05, 3.63) is 46.3 Å². The van der Waals surface area contributed by atoms with Gasteiger partial charge in [0.1, 0.15) is 10.8 Å². The van der Waals surface area contributed by atoms with E-state index in [9.17, 15) is 9.59 Å². The minimum Gasteiger partial charge on any atom is -0.493 e. The highest BCUT2D eigenvalue weighted by atomic mass is 32.1. The van der Waals surface area contributed by atoms with Crippen LogP contribution in [0.4, 0.5) is 5.00 Å². The third kappa shape index (κ3) is 4.43. The zero-order valence-corrected chi connectivity index (χ0v) is 15.7. The fourth-order valence-corrected chi connectivity index (χ4v) is 4.41. The van der Waals surface area contributed by atoms with Crippen molar-refractivity contribution in [3.63, 3.8) is 0 Å². The monoisotopic (exact) mass is 373 g/mol. The quantitative estimate of drug-likeness (QED) is 0.608. The molecule has 1 aliphatic carbocycles. The van der Waals surface area contributed by atoms with E-state index in [0.29, 0.717) is 10.6 Å². The van der Waals surface area contributed by atoms with Crippen LogP contribution in [0.5, 0.6) is 5.75 Å². The first-order valence-electron chi connectivity index (χ1n) is 8.89. The molecule has 0 saturated carbocycles. The second-order valence-corrected chi connectivity index (χ2v) is 7.33. The molecule has 2 aromatic rings. The van der Waals surface area contributed by atoms with Crippen molar-refractivity contribution >= 4 is 28.2 Å². The molecule has 138 valence electrons. The first kappa shape index (κ1) is 18.5. The lowest BCUT2D eigenvalue weighted by Gasteiger charge is -2.08. The average Bonchev–Trinajstić information content (AvgIpc) is 2.83. The zero-order valence-electron chi connectivity index (χ0n) is 14.9. The predicted octanol–water partition coefficient (Wildman–Crippen LogP) is 4.21. The molecular weight excluding hydrogens is 350 g/mol. The Morgan fingerprint density at radius 1 is 1.12 bits per heavy atom. The molecule has 0 unspecified atom stereocenters. The largest absolute Gasteiger partial charge is 0.493 e. The molecule has 5 nitrogen and oxygen atoms in total. The lowest BCUT2D eigenvalue weighted by Crippen LogP contribution is -2.17. The lowest BCUT2D eigenvalue weighted by molar-refractivity contribution is -0.116. The van der Waals surface area contributed by atoms with Gasteiger partial charge in [-0.25, -0.2) is 4.79 Å². The maximum atomic E-state index is 12.3. The number of nitrogens with one attached hydrogen (secondary N) is 1. The van der Waals surface area contributed by atoms with Gasteiger partial charge >= 0.3 is 5.97 Å². The van der Waals surface area contributed by atoms with Gasteiger partial charge in [-0.3, -0.25) is 4.79 Å². The van der Waals surface area contributed by atoms with Crippen molar-refractivity contribution in [1.29, 1.82) is 0 Å². The molecule has 0 bridgehead atoms. The van der Waals surface area contributed by atoms with E-state index in [1.165, 1.54) is 29.7 Å². The van der Waals surface area contributed by atoms with Crippen LogP contribution < -0.4 is 10.1 Å². The number of thiophene rings is 1. The Balaban J connectivity index is 1.66. The molecule has 0 saturated heterocycles. The SMILES string of the molecule is COC(=O)c1c(NC(=O)CCOc2ccccc2)sc2c1CCCCC2. The van der Waals surface area contributed by atoms with E-state index in [1.54, 1.807) is 0 Å². The summed E-state index contributed by atoms with van der Waals surface area (Å²) in [5.74, 6) is 0.195. The standard InChI is InChI=1S/C20H23NO4S/c1-24-20(23)18-15-10-6-3-7-11-16(15)26-19(18)21-17(22)12-13-25-14-8-4-2-5-9-14/h2,4-5,8-9H,3,6-7,10-13H2,1H3,(H,21,22). The summed E-state index contributed by atoms with van der Waals surface area (Å²) in [4.78, 5) is 25.8. The number of benzene rings is 1. The van der Waals surface area contributed by atoms with E-state index in [2.05, 4.69) is 5.32 Å². The fourth-order valence-electron chi connectivity index (χ4n) is 3.12. The van der Waals surface area contributed by atoms with Crippen molar-refractivity contribution in [2.24, 2.45) is 0 Å². The minimum absolute atomic E-state index is 0.164. The summed E-state index contributed by atoms with van der Waals surface area (Å²) >= 11 is 1.50. The average molecular weight is 373 g/mol. The number of methoxy groups -OCH3 is 1. The van der Waals surface area contributed by atoms with Gasteiger partial charge in [0.25, 0.3) is 0 Å². The van der Waals surface area contributed by atoms with Crippen molar-refractivity contribution in [1.82, 2.24) is 0 Å². The van der Waals surface area contributed by atoms with Crippen LogP contribution in [0.1, 0.15) is 46.5 Å². The normalized spacial score (nSPS) is 13.4. The summed E-state index contributed by atoms with van der Waals surface area (Å²) < 4.78 is 10.5. The van der Waals surface area contributed by atoms with Gasteiger partial charge in [-0.05, 0) is 43.4 Å². The predicted molar refractivity (Wildman–Crippen MR) is 102 cm³/mol. The maximum absolute atomic E-state index is 12.3. The smallest absolute Gasteiger partial charge is 0.341 e. The van der Waals surface area contributed by atoms with Crippen molar-refractivity contribution in [2.75, 3.05) is 19.0 Å². The Morgan fingerprint density at radius 2 is 1.88 bits per heavy atom. The number of hydrogen-bond donors (Lipinski definition) is 1. The van der Waals surface area contributed by atoms with Crippen LogP contribution in [0.3, 0.4) is 0 Å². The Bertz CT molecular complexity index is 770. The van der Waals surface area contributed by atoms with Gasteiger partial charge in [0.15, 0.2) is 0 Å². The molecule has 0 radical (unpaired) electrons. The molecule has 0 fully saturated rings. The highest BCUT2D eigenvalue weighted by molar-refractivity contribution is 7.17. The van der Waals surface area contributed by atoms with Crippen molar-refractivity contribution < 1.29 is 19.1 Å². The molecule has 1 heterocycles. The first-order valence-corrected chi connectivity index (χ1v) is 9.71. The number of carbonyl (C=O) groups excluding carboxylic acids is 2. The molecule has 1 N–H and O–H groups in total. The van der Waals surface area contributed by atoms with Crippen LogP contribution >= 0.6 is 11.3 Å². The van der Waals surface area contributed by atoms with Crippen LogP contribution in [-0.2, 0) is 22.4 Å². The van der Waals surface area contributed by atoms with Gasteiger partial charge in [0.05, 0.1) is 25.7 Å². The van der Waals surface area contributed by atoms with Crippen LogP contribution in [0, 0.1) is 0 Å². The number of carbonyl (C=O) groups is 2. The number of para-hydroxylation sites is 1. The summed E-state index contributed by atoms with van der Waals surface area (Å²) in [6.45, 7) is 0.286. The summed E-state index contributed by atoms with van der Waals surface area (Å²) in [6, 6.07) is 9.38. The number of ether oxygens (including phenoxy) is 2. The van der Waals surface area contributed by atoms with Gasteiger partial charge in [-0.2, -0.15) is 0 Å². The number of esters is 1. The molecule has 1 aliphatic rings. The molecule has 1 aromatic heterocycles. The van der Waals surface area contributed by atoms with E-state index < -0.39 is 0 Å². The molecule has 1 amide bonds. The first-order chi connectivity index (χ1) is 12.7. The Hall–Kier alpha value is -2.34.